The molecular formula is C43H46FN9O6S. The number of aromatic nitrogens is 2. The molecule has 1 aliphatic carbocycles. The molecule has 0 saturated carbocycles. The van der Waals surface area contributed by atoms with Gasteiger partial charge in [0.15, 0.2) is 11.6 Å². The van der Waals surface area contributed by atoms with Crippen LogP contribution in [0.1, 0.15) is 86.6 Å². The van der Waals surface area contributed by atoms with E-state index in [0.29, 0.717) is 53.3 Å². The van der Waals surface area contributed by atoms with Gasteiger partial charge >= 0.3 is 0 Å². The van der Waals surface area contributed by atoms with E-state index in [1.54, 1.807) is 36.4 Å². The normalized spacial score (nSPS) is 18.0. The van der Waals surface area contributed by atoms with E-state index in [2.05, 4.69) is 42.2 Å². The molecule has 0 spiro atoms. The fourth-order valence-corrected chi connectivity index (χ4v) is 8.98. The van der Waals surface area contributed by atoms with Crippen LogP contribution in [0.3, 0.4) is 0 Å². The predicted molar refractivity (Wildman–Crippen MR) is 226 cm³/mol. The highest BCUT2D eigenvalue weighted by molar-refractivity contribution is 7.15. The fraction of sp³-hybridized carbons (Fsp3) is 0.372. The topological polar surface area (TPSA) is 178 Å². The van der Waals surface area contributed by atoms with E-state index in [0.717, 1.165) is 67.9 Å². The molecule has 15 nitrogen and oxygen atoms in total. The number of nitrogens with zero attached hydrogens (tertiary/aromatic N) is 5. The average molecular weight is 836 g/mol. The highest BCUT2D eigenvalue weighted by Gasteiger charge is 2.45. The predicted octanol–water partition coefficient (Wildman–Crippen LogP) is 6.05. The van der Waals surface area contributed by atoms with Crippen molar-refractivity contribution in [1.82, 2.24) is 25.1 Å². The number of unbranched alkanes of at least 4 members (excludes halogenated alkanes) is 2. The number of piperidine rings is 1. The summed E-state index contributed by atoms with van der Waals surface area (Å²) in [5.74, 6) is -2.04. The number of hydrogen-bond acceptors (Lipinski definition) is 13. The second kappa shape index (κ2) is 18.0. The summed E-state index contributed by atoms with van der Waals surface area (Å²) in [6.45, 7) is 4.47. The quantitative estimate of drug-likeness (QED) is 0.0806. The molecule has 3 aliphatic heterocycles. The number of anilines is 5. The van der Waals surface area contributed by atoms with E-state index in [-0.39, 0.29) is 35.7 Å². The van der Waals surface area contributed by atoms with Crippen molar-refractivity contribution in [2.45, 2.75) is 57.4 Å². The Morgan fingerprint density at radius 2 is 1.83 bits per heavy atom. The van der Waals surface area contributed by atoms with Gasteiger partial charge in [0.2, 0.25) is 17.8 Å². The minimum Gasteiger partial charge on any atom is -0.494 e. The summed E-state index contributed by atoms with van der Waals surface area (Å²) in [6, 6.07) is 13.0. The van der Waals surface area contributed by atoms with Crippen LogP contribution in [-0.2, 0) is 9.59 Å². The monoisotopic (exact) mass is 835 g/mol. The molecule has 5 amide bonds. The Morgan fingerprint density at radius 1 is 0.983 bits per heavy atom. The number of ether oxygens (including phenoxy) is 1. The first kappa shape index (κ1) is 40.6. The maximum atomic E-state index is 15.0. The molecule has 2 saturated heterocycles. The van der Waals surface area contributed by atoms with Crippen LogP contribution >= 0.6 is 11.3 Å². The molecule has 312 valence electrons. The Bertz CT molecular complexity index is 2360. The van der Waals surface area contributed by atoms with Crippen molar-refractivity contribution >= 4 is 75.3 Å². The first-order chi connectivity index (χ1) is 29.2. The largest absolute Gasteiger partial charge is 0.494 e. The van der Waals surface area contributed by atoms with E-state index in [1.807, 2.05) is 17.0 Å². The van der Waals surface area contributed by atoms with Gasteiger partial charge in [-0.3, -0.25) is 39.1 Å². The van der Waals surface area contributed by atoms with Gasteiger partial charge in [0.1, 0.15) is 11.8 Å². The molecule has 0 bridgehead atoms. The first-order valence-electron chi connectivity index (χ1n) is 20.3. The van der Waals surface area contributed by atoms with Crippen LogP contribution in [0.4, 0.5) is 33.2 Å². The zero-order chi connectivity index (χ0) is 41.8. The molecule has 17 heteroatoms. The molecule has 2 aromatic carbocycles. The highest BCUT2D eigenvalue weighted by atomic mass is 32.1. The minimum atomic E-state index is -1.00. The number of methoxy groups -OCH3 is 1. The van der Waals surface area contributed by atoms with Gasteiger partial charge in [0.05, 0.1) is 35.0 Å². The Kier molecular flexibility index (Phi) is 12.1. The van der Waals surface area contributed by atoms with E-state index < -0.39 is 35.5 Å². The maximum Gasteiger partial charge on any atom is 0.265 e. The van der Waals surface area contributed by atoms with Crippen LogP contribution < -0.4 is 30.9 Å². The van der Waals surface area contributed by atoms with E-state index in [4.69, 9.17) is 4.74 Å². The lowest BCUT2D eigenvalue weighted by Crippen LogP contribution is -2.54. The number of fused-ring (bicyclic) bond motifs is 1. The average Bonchev–Trinajstić information content (AvgIpc) is 4.02. The van der Waals surface area contributed by atoms with Crippen molar-refractivity contribution in [2.24, 2.45) is 0 Å². The number of piperazine rings is 1. The van der Waals surface area contributed by atoms with Crippen molar-refractivity contribution in [3.63, 3.8) is 0 Å². The van der Waals surface area contributed by atoms with Crippen LogP contribution in [0, 0.1) is 5.82 Å². The van der Waals surface area contributed by atoms with E-state index >= 15 is 0 Å². The fourth-order valence-electron chi connectivity index (χ4n) is 8.01. The third-order valence-electron chi connectivity index (χ3n) is 11.2. The molecule has 4 aromatic rings. The van der Waals surface area contributed by atoms with Crippen LogP contribution in [0.15, 0.2) is 60.8 Å². The molecule has 1 unspecified atom stereocenters. The summed E-state index contributed by atoms with van der Waals surface area (Å²) in [5, 5.41) is 11.5. The number of amides is 5. The lowest BCUT2D eigenvalue weighted by Gasteiger charge is -2.34. The molecule has 1 atom stereocenters. The van der Waals surface area contributed by atoms with Gasteiger partial charge in [-0.15, -0.1) is 11.3 Å². The van der Waals surface area contributed by atoms with Crippen LogP contribution in [0.2, 0.25) is 0 Å². The molecule has 2 aromatic heterocycles. The Hall–Kier alpha value is -6.20. The summed E-state index contributed by atoms with van der Waals surface area (Å²) >= 11 is 1.47. The molecule has 4 N–H and O–H groups in total. The number of hydrogen-bond donors (Lipinski definition) is 4. The number of carbonyl (C=O) groups is 5. The number of imide groups is 2. The summed E-state index contributed by atoms with van der Waals surface area (Å²) in [5.41, 5.74) is 3.39. The second-order valence-electron chi connectivity index (χ2n) is 15.1. The number of rotatable bonds is 15. The summed E-state index contributed by atoms with van der Waals surface area (Å²) < 4.78 is 20.6. The summed E-state index contributed by atoms with van der Waals surface area (Å²) in [6.07, 6.45) is 9.59. The van der Waals surface area contributed by atoms with Crippen molar-refractivity contribution < 1.29 is 33.1 Å². The van der Waals surface area contributed by atoms with Crippen LogP contribution in [0.25, 0.3) is 5.57 Å². The number of benzene rings is 2. The smallest absolute Gasteiger partial charge is 0.265 e. The van der Waals surface area contributed by atoms with Gasteiger partial charge in [-0.1, -0.05) is 18.6 Å². The molecule has 8 rings (SSSR count). The summed E-state index contributed by atoms with van der Waals surface area (Å²) in [4.78, 5) is 79.5. The van der Waals surface area contributed by atoms with Gasteiger partial charge in [-0.25, -0.2) is 9.37 Å². The zero-order valence-corrected chi connectivity index (χ0v) is 34.0. The van der Waals surface area contributed by atoms with Crippen LogP contribution in [-0.4, -0.2) is 102 Å². The van der Waals surface area contributed by atoms with Gasteiger partial charge in [-0.05, 0) is 87.0 Å². The van der Waals surface area contributed by atoms with E-state index in [9.17, 15) is 28.4 Å². The molecule has 60 heavy (non-hydrogen) atoms. The van der Waals surface area contributed by atoms with Gasteiger partial charge in [-0.2, -0.15) is 4.98 Å². The Morgan fingerprint density at radius 3 is 2.62 bits per heavy atom. The van der Waals surface area contributed by atoms with Gasteiger partial charge in [0.25, 0.3) is 17.7 Å². The van der Waals surface area contributed by atoms with Crippen molar-refractivity contribution in [3.05, 3.63) is 87.5 Å². The summed E-state index contributed by atoms with van der Waals surface area (Å²) in [7, 11) is 1.51. The third-order valence-corrected chi connectivity index (χ3v) is 12.4. The maximum absolute atomic E-state index is 15.0. The number of thiophene rings is 1. The lowest BCUT2D eigenvalue weighted by atomic mass is 10.0. The molecule has 5 heterocycles. The molecular weight excluding hydrogens is 790 g/mol. The van der Waals surface area contributed by atoms with E-state index in [1.165, 1.54) is 30.2 Å². The first-order valence-corrected chi connectivity index (χ1v) is 21.1. The van der Waals surface area contributed by atoms with Crippen molar-refractivity contribution in [3.8, 4) is 5.75 Å². The number of halogens is 1. The number of allylic oxidation sites excluding steroid dienone is 2. The number of carbonyl (C=O) groups excluding carboxylic acids is 5. The highest BCUT2D eigenvalue weighted by Crippen LogP contribution is 2.35. The van der Waals surface area contributed by atoms with Crippen molar-refractivity contribution in [2.75, 3.05) is 67.2 Å². The van der Waals surface area contributed by atoms with Crippen molar-refractivity contribution in [1.29, 1.82) is 0 Å². The number of nitrogens with one attached hydrogen (secondary N) is 4. The van der Waals surface area contributed by atoms with Gasteiger partial charge < -0.3 is 25.6 Å². The zero-order valence-electron chi connectivity index (χ0n) is 33.2. The standard InChI is InChI=1S/C43H46FN9O6S/c1-59-33-24-27(12-13-30(33)48-40(56)35-16-15-34(60-35)26-8-3-4-9-26)47-38-29(44)25-46-43(50-38)52-22-20-51(21-23-52)19-6-2-5-18-45-31-11-7-10-28-37(31)42(58)53(41(28)57)32-14-17-36(54)49-39(32)55/h7-8,10-13,15-16,24-25,32,45H,2-6,9,14,17-23H2,1H3,(H,48,56)(H,46,47,50)(H,49,54,55). The lowest BCUT2D eigenvalue weighted by molar-refractivity contribution is -0.136. The minimum absolute atomic E-state index is 0.0327. The third kappa shape index (κ3) is 8.72. The molecule has 2 fully saturated rings. The van der Waals surface area contributed by atoms with Gasteiger partial charge in [0, 0.05) is 61.5 Å². The van der Waals surface area contributed by atoms with Crippen LogP contribution in [0.5, 0.6) is 5.75 Å². The molecule has 4 aliphatic rings. The Balaban J connectivity index is 0.780. The molecule has 0 radical (unpaired) electrons. The SMILES string of the molecule is COc1cc(Nc2nc(N3CCN(CCCCCNc4cccc5c4C(=O)N(C4CCC(=O)NC4=O)C5=O)CC3)ncc2F)ccc1NC(=O)c1ccc(C2=CCCC2)s1. The second-order valence-corrected chi connectivity index (χ2v) is 16.2. The Labute approximate surface area is 350 Å².